The monoisotopic (exact) mass is 481 g/mol. The van der Waals surface area contributed by atoms with Crippen molar-refractivity contribution in [3.8, 4) is 17.1 Å². The summed E-state index contributed by atoms with van der Waals surface area (Å²) in [7, 11) is 0. The van der Waals surface area contributed by atoms with Crippen molar-refractivity contribution in [2.45, 2.75) is 52.1 Å². The fourth-order valence-corrected chi connectivity index (χ4v) is 4.20. The Morgan fingerprint density at radius 1 is 1.12 bits per heavy atom. The molecule has 0 aliphatic rings. The number of carboxylic acids is 1. The van der Waals surface area contributed by atoms with Crippen molar-refractivity contribution < 1.29 is 14.6 Å². The van der Waals surface area contributed by atoms with Crippen LogP contribution < -0.4 is 15.2 Å². The van der Waals surface area contributed by atoms with Crippen LogP contribution in [0.4, 0.5) is 5.95 Å². The largest absolute Gasteiger partial charge is 0.477 e. The number of aromatic carboxylic acids is 1. The quantitative estimate of drug-likeness (QED) is 0.357. The number of rotatable bonds is 9. The number of aromatic nitrogens is 3. The van der Waals surface area contributed by atoms with Gasteiger partial charge in [-0.25, -0.2) is 14.8 Å². The number of hydrogen-bond acceptors (Lipinski definition) is 8. The zero-order valence-electron chi connectivity index (χ0n) is 20.1. The average Bonchev–Trinajstić information content (AvgIpc) is 2.75. The zero-order chi connectivity index (χ0) is 24.9. The van der Waals surface area contributed by atoms with Gasteiger partial charge in [-0.2, -0.15) is 4.98 Å². The minimum Gasteiger partial charge on any atom is -0.477 e. The summed E-state index contributed by atoms with van der Waals surface area (Å²) >= 11 is 1.13. The summed E-state index contributed by atoms with van der Waals surface area (Å²) in [5.74, 6) is -0.350. The second kappa shape index (κ2) is 10.8. The van der Waals surface area contributed by atoms with Gasteiger partial charge in [-0.3, -0.25) is 4.72 Å². The van der Waals surface area contributed by atoms with Gasteiger partial charge in [-0.15, -0.1) is 0 Å². The van der Waals surface area contributed by atoms with Gasteiger partial charge in [0.05, 0.1) is 5.69 Å². The number of carbonyl (C=O) groups is 1. The Bertz CT molecular complexity index is 1140. The minimum absolute atomic E-state index is 0.0335. The molecule has 0 amide bonds. The third-order valence-electron chi connectivity index (χ3n) is 4.95. The highest BCUT2D eigenvalue weighted by Gasteiger charge is 2.18. The SMILES string of the molecule is Cc1cccc(C)c1-c1cc(OCC(N)CC(C)(C)C)nc(NSc2cccc(C(=O)O)n2)n1. The summed E-state index contributed by atoms with van der Waals surface area (Å²) in [6, 6.07) is 12.6. The molecule has 3 aromatic rings. The third kappa shape index (κ3) is 7.16. The number of aryl methyl sites for hydroxylation is 2. The Kier molecular flexibility index (Phi) is 8.11. The number of nitrogens with two attached hydrogens (primary N) is 1. The van der Waals surface area contributed by atoms with Crippen LogP contribution in [-0.4, -0.2) is 38.7 Å². The van der Waals surface area contributed by atoms with Crippen molar-refractivity contribution in [1.29, 1.82) is 0 Å². The molecule has 2 heterocycles. The maximum absolute atomic E-state index is 11.2. The number of pyridine rings is 1. The first-order valence-electron chi connectivity index (χ1n) is 11.0. The molecule has 4 N–H and O–H groups in total. The van der Waals surface area contributed by atoms with E-state index in [1.807, 2.05) is 38.1 Å². The Balaban J connectivity index is 1.88. The van der Waals surface area contributed by atoms with Crippen molar-refractivity contribution in [2.75, 3.05) is 11.3 Å². The van der Waals surface area contributed by atoms with E-state index >= 15 is 0 Å². The van der Waals surface area contributed by atoms with Crippen molar-refractivity contribution in [1.82, 2.24) is 15.0 Å². The van der Waals surface area contributed by atoms with Crippen molar-refractivity contribution >= 4 is 23.9 Å². The van der Waals surface area contributed by atoms with Crippen LogP contribution in [0.3, 0.4) is 0 Å². The lowest BCUT2D eigenvalue weighted by Gasteiger charge is -2.23. The van der Waals surface area contributed by atoms with E-state index in [2.05, 4.69) is 40.4 Å². The van der Waals surface area contributed by atoms with Crippen LogP contribution in [0.1, 0.15) is 48.8 Å². The molecule has 9 heteroatoms. The van der Waals surface area contributed by atoms with E-state index in [0.717, 1.165) is 40.8 Å². The van der Waals surface area contributed by atoms with Gasteiger partial charge in [0.1, 0.15) is 17.3 Å². The van der Waals surface area contributed by atoms with E-state index in [1.54, 1.807) is 12.1 Å². The minimum atomic E-state index is -1.09. The number of ether oxygens (including phenoxy) is 1. The predicted octanol–water partition coefficient (Wildman–Crippen LogP) is 5.12. The van der Waals surface area contributed by atoms with Crippen LogP contribution in [0.5, 0.6) is 5.88 Å². The average molecular weight is 482 g/mol. The molecule has 8 nitrogen and oxygen atoms in total. The maximum Gasteiger partial charge on any atom is 0.354 e. The molecule has 180 valence electrons. The molecule has 2 aromatic heterocycles. The van der Waals surface area contributed by atoms with E-state index in [4.69, 9.17) is 10.5 Å². The second-order valence-corrected chi connectivity index (χ2v) is 10.2. The van der Waals surface area contributed by atoms with Crippen LogP contribution in [0.25, 0.3) is 11.3 Å². The fourth-order valence-electron chi connectivity index (χ4n) is 3.62. The summed E-state index contributed by atoms with van der Waals surface area (Å²) in [6.45, 7) is 10.8. The first kappa shape index (κ1) is 25.5. The standard InChI is InChI=1S/C25H31N5O3S/c1-15-8-6-9-16(2)22(15)19-12-20(33-14-17(26)13-25(3,4)5)29-24(28-19)30-34-21-11-7-10-18(27-21)23(31)32/h6-12,17H,13-14,26H2,1-5H3,(H,31,32)(H,28,29,30). The van der Waals surface area contributed by atoms with E-state index in [-0.39, 0.29) is 17.2 Å². The molecule has 34 heavy (non-hydrogen) atoms. The van der Waals surface area contributed by atoms with Gasteiger partial charge in [-0.05, 0) is 48.9 Å². The van der Waals surface area contributed by atoms with Crippen LogP contribution in [-0.2, 0) is 0 Å². The molecule has 0 saturated heterocycles. The summed E-state index contributed by atoms with van der Waals surface area (Å²) < 4.78 is 9.05. The summed E-state index contributed by atoms with van der Waals surface area (Å²) in [5.41, 5.74) is 10.2. The normalized spacial score (nSPS) is 12.3. The number of benzene rings is 1. The molecule has 1 atom stereocenters. The number of nitrogens with zero attached hydrogens (tertiary/aromatic N) is 3. The molecule has 0 radical (unpaired) electrons. The Morgan fingerprint density at radius 3 is 2.44 bits per heavy atom. The van der Waals surface area contributed by atoms with E-state index in [1.165, 1.54) is 6.07 Å². The van der Waals surface area contributed by atoms with Gasteiger partial charge in [0.2, 0.25) is 11.8 Å². The molecule has 1 aromatic carbocycles. The molecule has 0 spiro atoms. The molecule has 0 aliphatic carbocycles. The van der Waals surface area contributed by atoms with Gasteiger partial charge in [0, 0.05) is 29.6 Å². The van der Waals surface area contributed by atoms with E-state index < -0.39 is 5.97 Å². The molecule has 1 unspecified atom stereocenters. The maximum atomic E-state index is 11.2. The van der Waals surface area contributed by atoms with Crippen LogP contribution in [0, 0.1) is 19.3 Å². The Labute approximate surface area is 204 Å². The highest BCUT2D eigenvalue weighted by atomic mass is 32.2. The molecular weight excluding hydrogens is 450 g/mol. The lowest BCUT2D eigenvalue weighted by atomic mass is 9.89. The fraction of sp³-hybridized carbons (Fsp3) is 0.360. The lowest BCUT2D eigenvalue weighted by molar-refractivity contribution is 0.0689. The van der Waals surface area contributed by atoms with Gasteiger partial charge in [-0.1, -0.05) is 45.0 Å². The second-order valence-electron chi connectivity index (χ2n) is 9.39. The first-order chi connectivity index (χ1) is 16.0. The summed E-state index contributed by atoms with van der Waals surface area (Å²) in [5, 5.41) is 9.66. The van der Waals surface area contributed by atoms with Gasteiger partial charge in [0.15, 0.2) is 0 Å². The molecular formula is C25H31N5O3S. The highest BCUT2D eigenvalue weighted by Crippen LogP contribution is 2.30. The molecule has 0 fully saturated rings. The Hall–Kier alpha value is -3.17. The van der Waals surface area contributed by atoms with Gasteiger partial charge >= 0.3 is 5.97 Å². The number of carboxylic acid groups (broad SMARTS) is 1. The summed E-state index contributed by atoms with van der Waals surface area (Å²) in [6.07, 6.45) is 0.814. The smallest absolute Gasteiger partial charge is 0.354 e. The highest BCUT2D eigenvalue weighted by molar-refractivity contribution is 8.00. The first-order valence-corrected chi connectivity index (χ1v) is 11.8. The number of anilines is 1. The molecule has 0 bridgehead atoms. The third-order valence-corrected chi connectivity index (χ3v) is 5.67. The summed E-state index contributed by atoms with van der Waals surface area (Å²) in [4.78, 5) is 24.5. The number of nitrogens with one attached hydrogen (secondary N) is 1. The van der Waals surface area contributed by atoms with Crippen molar-refractivity contribution in [2.24, 2.45) is 11.1 Å². The molecule has 0 aliphatic heterocycles. The Morgan fingerprint density at radius 2 is 1.79 bits per heavy atom. The van der Waals surface area contributed by atoms with Crippen LogP contribution in [0.2, 0.25) is 0 Å². The van der Waals surface area contributed by atoms with Crippen molar-refractivity contribution in [3.05, 3.63) is 59.3 Å². The molecule has 0 saturated carbocycles. The zero-order valence-corrected chi connectivity index (χ0v) is 20.9. The van der Waals surface area contributed by atoms with Gasteiger partial charge in [0.25, 0.3) is 0 Å². The number of hydrogen-bond donors (Lipinski definition) is 3. The molecule has 3 rings (SSSR count). The van der Waals surface area contributed by atoms with Crippen LogP contribution >= 0.6 is 11.9 Å². The van der Waals surface area contributed by atoms with E-state index in [0.29, 0.717) is 23.5 Å². The van der Waals surface area contributed by atoms with Gasteiger partial charge < -0.3 is 15.6 Å². The lowest BCUT2D eigenvalue weighted by Crippen LogP contribution is -2.32. The van der Waals surface area contributed by atoms with E-state index in [9.17, 15) is 9.90 Å². The van der Waals surface area contributed by atoms with Crippen LogP contribution in [0.15, 0.2) is 47.5 Å². The predicted molar refractivity (Wildman–Crippen MR) is 135 cm³/mol. The van der Waals surface area contributed by atoms with Crippen molar-refractivity contribution in [3.63, 3.8) is 0 Å². The topological polar surface area (TPSA) is 123 Å².